The largest absolute Gasteiger partial charge is 0.513 e. The molecular formula is C29H32N4O6S. The molecule has 10 nitrogen and oxygen atoms in total. The number of rotatable bonds is 10. The van der Waals surface area contributed by atoms with Gasteiger partial charge in [-0.05, 0) is 42.7 Å². The van der Waals surface area contributed by atoms with Crippen LogP contribution < -0.4 is 14.8 Å². The molecule has 11 heteroatoms. The van der Waals surface area contributed by atoms with Gasteiger partial charge in [0.15, 0.2) is 5.75 Å². The molecule has 4 aromatic rings. The van der Waals surface area contributed by atoms with Gasteiger partial charge in [-0.25, -0.2) is 27.7 Å². The first-order valence-corrected chi connectivity index (χ1v) is 14.5. The summed E-state index contributed by atoms with van der Waals surface area (Å²) in [5, 5.41) is 2.44. The molecule has 0 spiro atoms. The van der Waals surface area contributed by atoms with Crippen molar-refractivity contribution in [1.82, 2.24) is 19.6 Å². The van der Waals surface area contributed by atoms with Crippen molar-refractivity contribution in [3.63, 3.8) is 0 Å². The zero-order valence-corrected chi connectivity index (χ0v) is 23.5. The number of unbranched alkanes of at least 4 members (excludes halogenated alkanes) is 1. The molecule has 3 aromatic carbocycles. The maximum Gasteiger partial charge on any atom is 0.513 e. The van der Waals surface area contributed by atoms with E-state index in [-0.39, 0.29) is 4.90 Å². The van der Waals surface area contributed by atoms with E-state index >= 15 is 0 Å². The van der Waals surface area contributed by atoms with Crippen LogP contribution in [0, 0.1) is 0 Å². The van der Waals surface area contributed by atoms with Crippen LogP contribution in [0.3, 0.4) is 0 Å². The van der Waals surface area contributed by atoms with E-state index in [1.54, 1.807) is 37.3 Å². The van der Waals surface area contributed by atoms with Crippen LogP contribution in [0.25, 0.3) is 22.2 Å². The number of ether oxygens (including phenoxy) is 2. The van der Waals surface area contributed by atoms with Gasteiger partial charge in [0.2, 0.25) is 0 Å². The van der Waals surface area contributed by atoms with Crippen LogP contribution >= 0.6 is 0 Å². The SMILES string of the molecule is CCCCc1nc2cccc(OC(=O)OC)c2n1Cc1ccc(-c2ccccc2S(=O)(=O)NC(=O)NCC)cc1. The Kier molecular flexibility index (Phi) is 9.05. The number of aryl methyl sites for hydroxylation is 1. The highest BCUT2D eigenvalue weighted by atomic mass is 32.2. The molecule has 0 aliphatic rings. The molecular weight excluding hydrogens is 532 g/mol. The lowest BCUT2D eigenvalue weighted by atomic mass is 10.0. The molecule has 0 aliphatic heterocycles. The highest BCUT2D eigenvalue weighted by Gasteiger charge is 2.22. The first-order valence-electron chi connectivity index (χ1n) is 13.0. The van der Waals surface area contributed by atoms with Gasteiger partial charge in [-0.3, -0.25) is 0 Å². The highest BCUT2D eigenvalue weighted by Crippen LogP contribution is 2.30. The van der Waals surface area contributed by atoms with Gasteiger partial charge in [0.1, 0.15) is 11.3 Å². The predicted octanol–water partition coefficient (Wildman–Crippen LogP) is 5.25. The van der Waals surface area contributed by atoms with E-state index in [4.69, 9.17) is 14.5 Å². The maximum atomic E-state index is 12.9. The third kappa shape index (κ3) is 6.42. The number of aromatic nitrogens is 2. The first-order chi connectivity index (χ1) is 19.3. The van der Waals surface area contributed by atoms with Crippen molar-refractivity contribution in [3.05, 3.63) is 78.1 Å². The first kappa shape index (κ1) is 28.6. The number of nitrogens with zero attached hydrogens (tertiary/aromatic N) is 2. The second kappa shape index (κ2) is 12.6. The molecule has 0 saturated carbocycles. The summed E-state index contributed by atoms with van der Waals surface area (Å²) in [5.74, 6) is 1.23. The molecule has 0 fully saturated rings. The number of fused-ring (bicyclic) bond motifs is 1. The molecule has 0 radical (unpaired) electrons. The number of carbonyl (C=O) groups excluding carboxylic acids is 2. The molecule has 4 rings (SSSR count). The van der Waals surface area contributed by atoms with Crippen LogP contribution in [0.1, 0.15) is 38.1 Å². The summed E-state index contributed by atoms with van der Waals surface area (Å²) in [6.07, 6.45) is 1.89. The fourth-order valence-corrected chi connectivity index (χ4v) is 5.56. The van der Waals surface area contributed by atoms with Crippen molar-refractivity contribution in [2.24, 2.45) is 0 Å². The van der Waals surface area contributed by atoms with Crippen molar-refractivity contribution in [2.75, 3.05) is 13.7 Å². The van der Waals surface area contributed by atoms with Crippen LogP contribution in [0.2, 0.25) is 0 Å². The van der Waals surface area contributed by atoms with Gasteiger partial charge in [-0.1, -0.05) is 61.9 Å². The van der Waals surface area contributed by atoms with Gasteiger partial charge in [-0.15, -0.1) is 0 Å². The Morgan fingerprint density at radius 2 is 1.73 bits per heavy atom. The van der Waals surface area contributed by atoms with Gasteiger partial charge in [-0.2, -0.15) is 0 Å². The molecule has 1 aromatic heterocycles. The summed E-state index contributed by atoms with van der Waals surface area (Å²) < 4.78 is 40.1. The number of benzene rings is 3. The van der Waals surface area contributed by atoms with Gasteiger partial charge in [0.25, 0.3) is 10.0 Å². The lowest BCUT2D eigenvalue weighted by Gasteiger charge is -2.14. The van der Waals surface area contributed by atoms with Crippen molar-refractivity contribution >= 4 is 33.2 Å². The van der Waals surface area contributed by atoms with Crippen LogP contribution in [-0.4, -0.2) is 43.8 Å². The second-order valence-corrected chi connectivity index (χ2v) is 10.7. The van der Waals surface area contributed by atoms with Crippen LogP contribution in [0.4, 0.5) is 9.59 Å². The highest BCUT2D eigenvalue weighted by molar-refractivity contribution is 7.90. The second-order valence-electron chi connectivity index (χ2n) is 9.06. The molecule has 2 amide bonds. The van der Waals surface area contributed by atoms with E-state index in [9.17, 15) is 18.0 Å². The fourth-order valence-electron chi connectivity index (χ4n) is 4.40. The number of hydrogen-bond donors (Lipinski definition) is 2. The van der Waals surface area contributed by atoms with Gasteiger partial charge in [0, 0.05) is 25.1 Å². The topological polar surface area (TPSA) is 129 Å². The lowest BCUT2D eigenvalue weighted by Crippen LogP contribution is -2.39. The van der Waals surface area contributed by atoms with E-state index in [0.717, 1.165) is 30.7 Å². The van der Waals surface area contributed by atoms with E-state index in [2.05, 4.69) is 17.0 Å². The van der Waals surface area contributed by atoms with Crippen molar-refractivity contribution < 1.29 is 27.5 Å². The molecule has 0 bridgehead atoms. The van der Waals surface area contributed by atoms with Gasteiger partial charge in [0.05, 0.1) is 17.5 Å². The quantitative estimate of drug-likeness (QED) is 0.199. The fraction of sp³-hybridized carbons (Fsp3) is 0.276. The summed E-state index contributed by atoms with van der Waals surface area (Å²) >= 11 is 0. The van der Waals surface area contributed by atoms with E-state index in [1.807, 2.05) is 34.9 Å². The monoisotopic (exact) mass is 564 g/mol. The molecule has 0 atom stereocenters. The van der Waals surface area contributed by atoms with Crippen LogP contribution in [0.5, 0.6) is 5.75 Å². The zero-order valence-electron chi connectivity index (χ0n) is 22.6. The van der Waals surface area contributed by atoms with Crippen LogP contribution in [0.15, 0.2) is 71.6 Å². The third-order valence-electron chi connectivity index (χ3n) is 6.27. The molecule has 0 aliphatic carbocycles. The number of sulfonamides is 1. The third-order valence-corrected chi connectivity index (χ3v) is 7.66. The van der Waals surface area contributed by atoms with Crippen molar-refractivity contribution in [2.45, 2.75) is 44.6 Å². The number of para-hydroxylation sites is 1. The molecule has 1 heterocycles. The summed E-state index contributed by atoms with van der Waals surface area (Å²) in [7, 11) is -2.84. The molecule has 0 saturated heterocycles. The number of urea groups is 1. The maximum absolute atomic E-state index is 12.9. The number of methoxy groups -OCH3 is 1. The summed E-state index contributed by atoms with van der Waals surface area (Å²) in [5.41, 5.74) is 3.49. The summed E-state index contributed by atoms with van der Waals surface area (Å²) in [6, 6.07) is 18.6. The Balaban J connectivity index is 1.68. The minimum atomic E-state index is -4.09. The number of nitrogens with one attached hydrogen (secondary N) is 2. The molecule has 40 heavy (non-hydrogen) atoms. The number of imidazole rings is 1. The van der Waals surface area contributed by atoms with Crippen molar-refractivity contribution in [1.29, 1.82) is 0 Å². The minimum absolute atomic E-state index is 0.000981. The lowest BCUT2D eigenvalue weighted by molar-refractivity contribution is 0.122. The predicted molar refractivity (Wildman–Crippen MR) is 152 cm³/mol. The van der Waals surface area contributed by atoms with Crippen LogP contribution in [-0.2, 0) is 27.7 Å². The smallest absolute Gasteiger partial charge is 0.437 e. The number of amides is 2. The van der Waals surface area contributed by atoms with Gasteiger partial charge >= 0.3 is 12.2 Å². The molecule has 2 N–H and O–H groups in total. The normalized spacial score (nSPS) is 11.3. The minimum Gasteiger partial charge on any atom is -0.437 e. The summed E-state index contributed by atoms with van der Waals surface area (Å²) in [6.45, 7) is 4.57. The standard InChI is InChI=1S/C29H32N4O6S/c1-4-6-14-26-31-23-11-9-12-24(39-29(35)38-3)27(23)33(26)19-20-15-17-21(18-16-20)22-10-7-8-13-25(22)40(36,37)32-28(34)30-5-2/h7-13,15-18H,4-6,14,19H2,1-3H3,(H2,30,32,34). The van der Waals surface area contributed by atoms with Crippen molar-refractivity contribution in [3.8, 4) is 16.9 Å². The Morgan fingerprint density at radius 1 is 0.975 bits per heavy atom. The Labute approximate surface area is 233 Å². The summed E-state index contributed by atoms with van der Waals surface area (Å²) in [4.78, 5) is 28.6. The Morgan fingerprint density at radius 3 is 2.42 bits per heavy atom. The van der Waals surface area contributed by atoms with E-state index in [0.29, 0.717) is 41.0 Å². The molecule has 210 valence electrons. The zero-order chi connectivity index (χ0) is 28.7. The van der Waals surface area contributed by atoms with E-state index in [1.165, 1.54) is 13.2 Å². The Bertz CT molecular complexity index is 1610. The molecule has 0 unspecified atom stereocenters. The number of carbonyl (C=O) groups is 2. The average molecular weight is 565 g/mol. The average Bonchev–Trinajstić information content (AvgIpc) is 3.30. The number of hydrogen-bond acceptors (Lipinski definition) is 7. The van der Waals surface area contributed by atoms with E-state index < -0.39 is 22.2 Å². The van der Waals surface area contributed by atoms with Gasteiger partial charge < -0.3 is 19.4 Å². The Hall–Kier alpha value is -4.38.